The first-order valence-electron chi connectivity index (χ1n) is 6.63. The SMILES string of the molecule is NC(c1cccc(C(F)(F)F)c1)c1ccc2c(c1)CCO2. The molecule has 0 radical (unpaired) electrons. The number of hydrogen-bond donors (Lipinski definition) is 1. The van der Waals surface area contributed by atoms with Crippen LogP contribution in [0.4, 0.5) is 13.2 Å². The summed E-state index contributed by atoms with van der Waals surface area (Å²) in [5, 5.41) is 0. The van der Waals surface area contributed by atoms with E-state index in [1.54, 1.807) is 12.1 Å². The molecule has 1 aliphatic heterocycles. The number of nitrogens with two attached hydrogens (primary N) is 1. The van der Waals surface area contributed by atoms with E-state index in [-0.39, 0.29) is 0 Å². The van der Waals surface area contributed by atoms with E-state index in [0.29, 0.717) is 12.2 Å². The lowest BCUT2D eigenvalue weighted by Crippen LogP contribution is -2.14. The highest BCUT2D eigenvalue weighted by molar-refractivity contribution is 5.43. The zero-order valence-corrected chi connectivity index (χ0v) is 11.2. The molecule has 5 heteroatoms. The third-order valence-electron chi connectivity index (χ3n) is 3.65. The Bertz CT molecular complexity index is 667. The molecule has 0 bridgehead atoms. The van der Waals surface area contributed by atoms with Crippen LogP contribution >= 0.6 is 0 Å². The van der Waals surface area contributed by atoms with Gasteiger partial charge in [0, 0.05) is 6.42 Å². The minimum atomic E-state index is -4.36. The van der Waals surface area contributed by atoms with Crippen molar-refractivity contribution in [1.82, 2.24) is 0 Å². The van der Waals surface area contributed by atoms with Gasteiger partial charge in [-0.05, 0) is 34.9 Å². The van der Waals surface area contributed by atoms with Gasteiger partial charge in [-0.2, -0.15) is 13.2 Å². The second-order valence-electron chi connectivity index (χ2n) is 5.07. The summed E-state index contributed by atoms with van der Waals surface area (Å²) in [6.07, 6.45) is -3.56. The number of rotatable bonds is 2. The maximum absolute atomic E-state index is 12.8. The molecule has 0 saturated heterocycles. The Hall–Kier alpha value is -2.01. The fourth-order valence-corrected chi connectivity index (χ4v) is 2.50. The molecule has 0 spiro atoms. The van der Waals surface area contributed by atoms with Crippen molar-refractivity contribution in [2.75, 3.05) is 6.61 Å². The van der Waals surface area contributed by atoms with Crippen LogP contribution in [0.25, 0.3) is 0 Å². The minimum Gasteiger partial charge on any atom is -0.493 e. The van der Waals surface area contributed by atoms with Crippen molar-refractivity contribution < 1.29 is 17.9 Å². The van der Waals surface area contributed by atoms with E-state index >= 15 is 0 Å². The van der Waals surface area contributed by atoms with Gasteiger partial charge in [0.1, 0.15) is 5.75 Å². The molecule has 1 heterocycles. The van der Waals surface area contributed by atoms with E-state index in [1.165, 1.54) is 6.07 Å². The number of halogens is 3. The Labute approximate surface area is 120 Å². The molecule has 110 valence electrons. The Morgan fingerprint density at radius 3 is 2.57 bits per heavy atom. The monoisotopic (exact) mass is 293 g/mol. The van der Waals surface area contributed by atoms with Gasteiger partial charge in [-0.15, -0.1) is 0 Å². The second kappa shape index (κ2) is 5.07. The van der Waals surface area contributed by atoms with Crippen molar-refractivity contribution in [2.24, 2.45) is 5.73 Å². The molecule has 2 aromatic carbocycles. The van der Waals surface area contributed by atoms with Gasteiger partial charge < -0.3 is 10.5 Å². The first-order chi connectivity index (χ1) is 9.95. The number of ether oxygens (including phenoxy) is 1. The molecule has 1 unspecified atom stereocenters. The normalized spacial score (nSPS) is 15.4. The highest BCUT2D eigenvalue weighted by Crippen LogP contribution is 2.33. The summed E-state index contributed by atoms with van der Waals surface area (Å²) < 4.78 is 43.7. The van der Waals surface area contributed by atoms with Crippen LogP contribution in [-0.4, -0.2) is 6.61 Å². The van der Waals surface area contributed by atoms with Gasteiger partial charge in [0.15, 0.2) is 0 Å². The number of benzene rings is 2. The maximum atomic E-state index is 12.8. The fraction of sp³-hybridized carbons (Fsp3) is 0.250. The van der Waals surface area contributed by atoms with Crippen LogP contribution in [0.15, 0.2) is 42.5 Å². The van der Waals surface area contributed by atoms with Crippen LogP contribution in [0, 0.1) is 0 Å². The molecule has 21 heavy (non-hydrogen) atoms. The van der Waals surface area contributed by atoms with Gasteiger partial charge >= 0.3 is 6.18 Å². The van der Waals surface area contributed by atoms with Gasteiger partial charge in [-0.1, -0.05) is 24.3 Å². The second-order valence-corrected chi connectivity index (χ2v) is 5.07. The molecule has 2 N–H and O–H groups in total. The summed E-state index contributed by atoms with van der Waals surface area (Å²) in [6.45, 7) is 0.636. The Morgan fingerprint density at radius 2 is 1.81 bits per heavy atom. The van der Waals surface area contributed by atoms with E-state index in [1.807, 2.05) is 12.1 Å². The van der Waals surface area contributed by atoms with Crippen LogP contribution in [0.2, 0.25) is 0 Å². The largest absolute Gasteiger partial charge is 0.493 e. The van der Waals surface area contributed by atoms with E-state index in [9.17, 15) is 13.2 Å². The highest BCUT2D eigenvalue weighted by atomic mass is 19.4. The molecular formula is C16H14F3NO. The quantitative estimate of drug-likeness (QED) is 0.916. The summed E-state index contributed by atoms with van der Waals surface area (Å²) in [5.41, 5.74) is 7.72. The summed E-state index contributed by atoms with van der Waals surface area (Å²) in [6, 6.07) is 10.1. The van der Waals surface area contributed by atoms with Crippen molar-refractivity contribution in [3.63, 3.8) is 0 Å². The molecule has 1 aliphatic rings. The van der Waals surface area contributed by atoms with Gasteiger partial charge in [-0.3, -0.25) is 0 Å². The first-order valence-corrected chi connectivity index (χ1v) is 6.63. The summed E-state index contributed by atoms with van der Waals surface area (Å²) >= 11 is 0. The van der Waals surface area contributed by atoms with Crippen molar-refractivity contribution >= 4 is 0 Å². The predicted molar refractivity (Wildman–Crippen MR) is 73.1 cm³/mol. The molecule has 0 aliphatic carbocycles. The number of hydrogen-bond acceptors (Lipinski definition) is 2. The van der Waals surface area contributed by atoms with Crippen LogP contribution in [0.3, 0.4) is 0 Å². The third-order valence-corrected chi connectivity index (χ3v) is 3.65. The molecule has 0 saturated carbocycles. The average molecular weight is 293 g/mol. The lowest BCUT2D eigenvalue weighted by molar-refractivity contribution is -0.137. The van der Waals surface area contributed by atoms with Crippen LogP contribution in [0.1, 0.15) is 28.3 Å². The zero-order chi connectivity index (χ0) is 15.0. The zero-order valence-electron chi connectivity index (χ0n) is 11.2. The van der Waals surface area contributed by atoms with Gasteiger partial charge in [0.05, 0.1) is 18.2 Å². The molecule has 1 atom stereocenters. The van der Waals surface area contributed by atoms with Gasteiger partial charge in [0.2, 0.25) is 0 Å². The lowest BCUT2D eigenvalue weighted by atomic mass is 9.96. The molecule has 2 aromatic rings. The Balaban J connectivity index is 1.93. The molecule has 3 rings (SSSR count). The van der Waals surface area contributed by atoms with Crippen LogP contribution in [0.5, 0.6) is 5.75 Å². The fourth-order valence-electron chi connectivity index (χ4n) is 2.50. The maximum Gasteiger partial charge on any atom is 0.416 e. The van der Waals surface area contributed by atoms with E-state index in [4.69, 9.17) is 10.5 Å². The summed E-state index contributed by atoms with van der Waals surface area (Å²) in [4.78, 5) is 0. The minimum absolute atomic E-state index is 0.448. The number of alkyl halides is 3. The molecule has 0 amide bonds. The van der Waals surface area contributed by atoms with Crippen molar-refractivity contribution in [1.29, 1.82) is 0 Å². The van der Waals surface area contributed by atoms with E-state index in [2.05, 4.69) is 0 Å². The first kappa shape index (κ1) is 13.9. The van der Waals surface area contributed by atoms with Crippen molar-refractivity contribution in [2.45, 2.75) is 18.6 Å². The van der Waals surface area contributed by atoms with Crippen LogP contribution in [-0.2, 0) is 12.6 Å². The van der Waals surface area contributed by atoms with Gasteiger partial charge in [0.25, 0.3) is 0 Å². The van der Waals surface area contributed by atoms with Gasteiger partial charge in [-0.25, -0.2) is 0 Å². The average Bonchev–Trinajstić information content (AvgIpc) is 2.93. The third kappa shape index (κ3) is 2.74. The summed E-state index contributed by atoms with van der Waals surface area (Å²) in [5.74, 6) is 0.829. The molecule has 0 aromatic heterocycles. The predicted octanol–water partition coefficient (Wildman–Crippen LogP) is 3.69. The summed E-state index contributed by atoms with van der Waals surface area (Å²) in [7, 11) is 0. The van der Waals surface area contributed by atoms with E-state index in [0.717, 1.165) is 35.4 Å². The number of fused-ring (bicyclic) bond motifs is 1. The smallest absolute Gasteiger partial charge is 0.416 e. The van der Waals surface area contributed by atoms with Crippen molar-refractivity contribution in [3.05, 3.63) is 64.7 Å². The molecular weight excluding hydrogens is 279 g/mol. The van der Waals surface area contributed by atoms with Crippen molar-refractivity contribution in [3.8, 4) is 5.75 Å². The molecule has 2 nitrogen and oxygen atoms in total. The standard InChI is InChI=1S/C16H14F3NO/c17-16(18,19)13-3-1-2-11(9-13)15(20)12-4-5-14-10(8-12)6-7-21-14/h1-5,8-9,15H,6-7,20H2. The topological polar surface area (TPSA) is 35.2 Å². The Kier molecular flexibility index (Phi) is 3.37. The van der Waals surface area contributed by atoms with E-state index < -0.39 is 17.8 Å². The molecule has 0 fully saturated rings. The highest BCUT2D eigenvalue weighted by Gasteiger charge is 2.30. The Morgan fingerprint density at radius 1 is 1.05 bits per heavy atom. The van der Waals surface area contributed by atoms with Crippen LogP contribution < -0.4 is 10.5 Å². The lowest BCUT2D eigenvalue weighted by Gasteiger charge is -2.15.